The van der Waals surface area contributed by atoms with Gasteiger partial charge in [-0.1, -0.05) is 46.8 Å². The van der Waals surface area contributed by atoms with Gasteiger partial charge in [-0.25, -0.2) is 4.39 Å². The van der Waals surface area contributed by atoms with Gasteiger partial charge < -0.3 is 0 Å². The van der Waals surface area contributed by atoms with Crippen LogP contribution in [0, 0.1) is 19.3 Å². The van der Waals surface area contributed by atoms with Gasteiger partial charge >= 0.3 is 0 Å². The summed E-state index contributed by atoms with van der Waals surface area (Å²) >= 11 is 0. The van der Waals surface area contributed by atoms with Crippen molar-refractivity contribution >= 4 is 0 Å². The van der Waals surface area contributed by atoms with Crippen molar-refractivity contribution < 1.29 is 4.39 Å². The Hall–Kier alpha value is -2.56. The van der Waals surface area contributed by atoms with Gasteiger partial charge in [-0.3, -0.25) is 9.55 Å². The molecule has 160 valence electrons. The molecular formula is C25H33FN4. The van der Waals surface area contributed by atoms with Crippen molar-refractivity contribution in [3.8, 4) is 17.1 Å². The number of alkyl halides is 1. The first-order valence-corrected chi connectivity index (χ1v) is 10.5. The molecule has 0 saturated carbocycles. The van der Waals surface area contributed by atoms with Crippen LogP contribution in [0.1, 0.15) is 63.8 Å². The molecule has 5 heteroatoms. The Bertz CT molecular complexity index is 1020. The maximum Gasteiger partial charge on any atom is 0.170 e. The van der Waals surface area contributed by atoms with E-state index in [0.717, 1.165) is 23.2 Å². The van der Waals surface area contributed by atoms with Crippen molar-refractivity contribution in [3.63, 3.8) is 0 Å². The first kappa shape index (κ1) is 22.1. The van der Waals surface area contributed by atoms with Crippen LogP contribution in [0.15, 0.2) is 36.9 Å². The molecule has 0 fully saturated rings. The van der Waals surface area contributed by atoms with Gasteiger partial charge in [-0.2, -0.15) is 0 Å². The normalized spacial score (nSPS) is 13.5. The van der Waals surface area contributed by atoms with Crippen molar-refractivity contribution in [3.05, 3.63) is 59.2 Å². The first-order valence-electron chi connectivity index (χ1n) is 10.5. The maximum absolute atomic E-state index is 14.5. The zero-order valence-corrected chi connectivity index (χ0v) is 19.4. The fourth-order valence-corrected chi connectivity index (χ4v) is 4.07. The van der Waals surface area contributed by atoms with Crippen LogP contribution in [0.5, 0.6) is 0 Å². The summed E-state index contributed by atoms with van der Waals surface area (Å²) in [5.74, 6) is 0.682. The molecule has 0 N–H and O–H groups in total. The second-order valence-corrected chi connectivity index (χ2v) is 10.1. The summed E-state index contributed by atoms with van der Waals surface area (Å²) in [4.78, 5) is 4.30. The Kier molecular flexibility index (Phi) is 5.85. The second-order valence-electron chi connectivity index (χ2n) is 10.1. The van der Waals surface area contributed by atoms with Crippen LogP contribution in [0.25, 0.3) is 17.1 Å². The van der Waals surface area contributed by atoms with Crippen LogP contribution >= 0.6 is 0 Å². The Labute approximate surface area is 179 Å². The van der Waals surface area contributed by atoms with Gasteiger partial charge in [0.2, 0.25) is 0 Å². The molecular weight excluding hydrogens is 375 g/mol. The number of aromatic nitrogens is 4. The topological polar surface area (TPSA) is 43.6 Å². The third-order valence-electron chi connectivity index (χ3n) is 5.82. The van der Waals surface area contributed by atoms with Crippen LogP contribution in [-0.2, 0) is 11.8 Å². The molecule has 3 rings (SSSR count). The highest BCUT2D eigenvalue weighted by Crippen LogP contribution is 2.37. The number of rotatable bonds is 5. The highest BCUT2D eigenvalue weighted by atomic mass is 19.1. The molecule has 0 unspecified atom stereocenters. The van der Waals surface area contributed by atoms with Gasteiger partial charge in [0.15, 0.2) is 5.82 Å². The quantitative estimate of drug-likeness (QED) is 0.507. The molecule has 4 nitrogen and oxygen atoms in total. The number of benzene rings is 1. The lowest BCUT2D eigenvalue weighted by molar-refractivity contribution is 0.237. The Balaban J connectivity index is 2.15. The summed E-state index contributed by atoms with van der Waals surface area (Å²) < 4.78 is 16.5. The zero-order valence-electron chi connectivity index (χ0n) is 19.4. The van der Waals surface area contributed by atoms with Crippen LogP contribution in [0.3, 0.4) is 0 Å². The summed E-state index contributed by atoms with van der Waals surface area (Å²) in [6, 6.07) is 6.38. The van der Waals surface area contributed by atoms with Gasteiger partial charge in [0.05, 0.1) is 5.69 Å². The average Bonchev–Trinajstić information content (AvgIpc) is 3.08. The summed E-state index contributed by atoms with van der Waals surface area (Å²) in [5.41, 5.74) is 5.96. The average molecular weight is 409 g/mol. The molecule has 1 aromatic carbocycles. The minimum absolute atomic E-state index is 0.224. The smallest absolute Gasteiger partial charge is 0.170 e. The molecule has 0 aliphatic heterocycles. The van der Waals surface area contributed by atoms with E-state index in [9.17, 15) is 4.39 Å². The van der Waals surface area contributed by atoms with E-state index in [2.05, 4.69) is 61.9 Å². The fraction of sp³-hybridized carbons (Fsp3) is 0.480. The highest BCUT2D eigenvalue weighted by Gasteiger charge is 2.32. The van der Waals surface area contributed by atoms with E-state index in [-0.39, 0.29) is 5.41 Å². The first-order chi connectivity index (χ1) is 13.9. The minimum Gasteiger partial charge on any atom is -0.281 e. The van der Waals surface area contributed by atoms with Gasteiger partial charge in [0.1, 0.15) is 12.5 Å². The Morgan fingerprint density at radius 3 is 2.27 bits per heavy atom. The molecule has 2 aromatic heterocycles. The van der Waals surface area contributed by atoms with Crippen LogP contribution in [0.2, 0.25) is 0 Å². The molecule has 0 amide bonds. The molecule has 0 spiro atoms. The van der Waals surface area contributed by atoms with E-state index in [0.29, 0.717) is 5.82 Å². The number of nitrogens with zero attached hydrogens (tertiary/aromatic N) is 4. The van der Waals surface area contributed by atoms with Gasteiger partial charge in [0, 0.05) is 23.4 Å². The van der Waals surface area contributed by atoms with Crippen LogP contribution in [-0.4, -0.2) is 25.9 Å². The predicted octanol–water partition coefficient (Wildman–Crippen LogP) is 6.17. The second kappa shape index (κ2) is 7.93. The van der Waals surface area contributed by atoms with E-state index in [1.165, 1.54) is 16.7 Å². The molecule has 0 aliphatic carbocycles. The highest BCUT2D eigenvalue weighted by molar-refractivity contribution is 5.65. The summed E-state index contributed by atoms with van der Waals surface area (Å²) in [5, 5.41) is 8.61. The Morgan fingerprint density at radius 2 is 1.70 bits per heavy atom. The molecule has 2 heterocycles. The number of pyridine rings is 1. The number of aryl methyl sites for hydroxylation is 2. The SMILES string of the molecule is Cc1cc(CC(C)(C)C)cc(C)c1-n1cnnc1-c1cnccc1C(C)(C)[C@H](C)F. The standard InChI is InChI=1S/C25H33FN4/c1-16-11-19(13-24(4,5)6)12-17(2)22(16)30-15-28-29-23(30)20-14-27-10-9-21(20)25(7,8)18(3)26/h9-12,14-15,18H,13H2,1-8H3/t18-/m0/s1. The molecule has 1 atom stereocenters. The summed E-state index contributed by atoms with van der Waals surface area (Å²) in [6.07, 6.45) is 5.20. The summed E-state index contributed by atoms with van der Waals surface area (Å²) in [7, 11) is 0. The van der Waals surface area contributed by atoms with Crippen molar-refractivity contribution in [2.24, 2.45) is 5.41 Å². The van der Waals surface area contributed by atoms with E-state index < -0.39 is 11.6 Å². The number of hydrogen-bond donors (Lipinski definition) is 0. The van der Waals surface area contributed by atoms with Gasteiger partial charge in [0.25, 0.3) is 0 Å². The fourth-order valence-electron chi connectivity index (χ4n) is 4.07. The lowest BCUT2D eigenvalue weighted by Gasteiger charge is -2.29. The molecule has 0 radical (unpaired) electrons. The van der Waals surface area contributed by atoms with Gasteiger partial charge in [-0.15, -0.1) is 10.2 Å². The van der Waals surface area contributed by atoms with Gasteiger partial charge in [-0.05, 0) is 60.9 Å². The molecule has 0 aliphatic rings. The minimum atomic E-state index is -1.02. The van der Waals surface area contributed by atoms with Crippen molar-refractivity contribution in [1.29, 1.82) is 0 Å². The number of halogens is 1. The molecule has 3 aromatic rings. The van der Waals surface area contributed by atoms with Crippen LogP contribution in [0.4, 0.5) is 4.39 Å². The van der Waals surface area contributed by atoms with E-state index in [4.69, 9.17) is 0 Å². The lowest BCUT2D eigenvalue weighted by atomic mass is 9.79. The van der Waals surface area contributed by atoms with Crippen molar-refractivity contribution in [2.75, 3.05) is 0 Å². The van der Waals surface area contributed by atoms with E-state index in [1.54, 1.807) is 25.6 Å². The van der Waals surface area contributed by atoms with E-state index in [1.807, 2.05) is 24.5 Å². The van der Waals surface area contributed by atoms with E-state index >= 15 is 0 Å². The van der Waals surface area contributed by atoms with Crippen molar-refractivity contribution in [1.82, 2.24) is 19.7 Å². The maximum atomic E-state index is 14.5. The lowest BCUT2D eigenvalue weighted by Crippen LogP contribution is -2.29. The summed E-state index contributed by atoms with van der Waals surface area (Å²) in [6.45, 7) is 16.4. The molecule has 30 heavy (non-hydrogen) atoms. The molecule has 0 bridgehead atoms. The number of hydrogen-bond acceptors (Lipinski definition) is 3. The third-order valence-corrected chi connectivity index (χ3v) is 5.82. The third kappa shape index (κ3) is 4.30. The van der Waals surface area contributed by atoms with Crippen molar-refractivity contribution in [2.45, 2.75) is 73.4 Å². The largest absolute Gasteiger partial charge is 0.281 e. The monoisotopic (exact) mass is 408 g/mol. The zero-order chi connectivity index (χ0) is 22.3. The Morgan fingerprint density at radius 1 is 1.07 bits per heavy atom. The van der Waals surface area contributed by atoms with Crippen LogP contribution < -0.4 is 0 Å². The predicted molar refractivity (Wildman–Crippen MR) is 121 cm³/mol. The molecule has 0 saturated heterocycles.